The highest BCUT2D eigenvalue weighted by atomic mass is 32.2. The van der Waals surface area contributed by atoms with Crippen LogP contribution in [0.2, 0.25) is 0 Å². The van der Waals surface area contributed by atoms with E-state index in [2.05, 4.69) is 33.7 Å². The molecule has 0 saturated carbocycles. The second-order valence-corrected chi connectivity index (χ2v) is 12.4. The third-order valence-corrected chi connectivity index (χ3v) is 8.57. The van der Waals surface area contributed by atoms with E-state index in [1.807, 2.05) is 42.3 Å². The number of aryl methyl sites for hydroxylation is 1. The molecule has 0 spiro atoms. The van der Waals surface area contributed by atoms with Gasteiger partial charge in [-0.3, -0.25) is 0 Å². The van der Waals surface area contributed by atoms with Crippen molar-refractivity contribution in [2.24, 2.45) is 4.99 Å². The van der Waals surface area contributed by atoms with Gasteiger partial charge in [0.25, 0.3) is 0 Å². The summed E-state index contributed by atoms with van der Waals surface area (Å²) in [5.41, 5.74) is 4.11. The van der Waals surface area contributed by atoms with Crippen molar-refractivity contribution in [2.45, 2.75) is 64.9 Å². The highest BCUT2D eigenvalue weighted by Crippen LogP contribution is 2.36. The Kier molecular flexibility index (Phi) is 10.2. The fraction of sp³-hybridized carbons (Fsp3) is 0.333. The number of rotatable bonds is 8. The molecule has 248 valence electrons. The summed E-state index contributed by atoms with van der Waals surface area (Å²) in [6.07, 6.45) is -7.10. The first kappa shape index (κ1) is 33.9. The topological polar surface area (TPSA) is 84.6 Å². The number of anilines is 1. The van der Waals surface area contributed by atoms with Crippen molar-refractivity contribution in [3.05, 3.63) is 89.7 Å². The maximum Gasteiger partial charge on any atom is 0.573 e. The largest absolute Gasteiger partial charge is 0.573 e. The number of nitrogens with zero attached hydrogens (tertiary/aromatic N) is 5. The minimum Gasteiger partial charge on any atom is -0.406 e. The molecule has 1 saturated heterocycles. The van der Waals surface area contributed by atoms with E-state index in [9.17, 15) is 18.0 Å². The van der Waals surface area contributed by atoms with Crippen molar-refractivity contribution >= 4 is 28.6 Å². The van der Waals surface area contributed by atoms with Crippen LogP contribution in [-0.4, -0.2) is 50.4 Å². The standard InChI is InChI=1S/C33H33F5N6O2S/c1-19(2)27-20(3)6-5-7-26(27)44-21(4)16-17-47-32(44)41-31(45)40-29(35)28(34)22-8-10-23(11-9-22)30-39-18-43(42-30)24-12-14-25(15-13-24)46-33(36,37)38/h5-15,18-19,21,28-29H,16-17H2,1-4H3,(H,40,45)/b41-32-. The maximum atomic E-state index is 15.2. The Morgan fingerprint density at radius 3 is 2.43 bits per heavy atom. The maximum absolute atomic E-state index is 15.2. The molecule has 5 rings (SSSR count). The van der Waals surface area contributed by atoms with Gasteiger partial charge in [-0.25, -0.2) is 23.2 Å². The highest BCUT2D eigenvalue weighted by Gasteiger charge is 2.32. The molecule has 1 aromatic heterocycles. The molecule has 0 aliphatic carbocycles. The first-order valence-electron chi connectivity index (χ1n) is 14.9. The summed E-state index contributed by atoms with van der Waals surface area (Å²) in [4.78, 5) is 23.2. The van der Waals surface area contributed by atoms with Crippen LogP contribution in [0.3, 0.4) is 0 Å². The SMILES string of the molecule is Cc1cccc(N2/C(=N/C(=O)NC(F)C(F)c3ccc(-c4ncn(-c5ccc(OC(F)(F)F)cc5)n4)cc3)SCCC2C)c1C(C)C. The molecule has 14 heteroatoms. The number of alkyl halides is 5. The van der Waals surface area contributed by atoms with Crippen molar-refractivity contribution in [3.8, 4) is 22.8 Å². The van der Waals surface area contributed by atoms with Gasteiger partial charge in [0.05, 0.1) is 5.69 Å². The van der Waals surface area contributed by atoms with E-state index in [4.69, 9.17) is 0 Å². The number of hydrogen-bond acceptors (Lipinski definition) is 5. The van der Waals surface area contributed by atoms with Crippen LogP contribution in [0.1, 0.15) is 56.0 Å². The van der Waals surface area contributed by atoms with Crippen LogP contribution in [-0.2, 0) is 0 Å². The van der Waals surface area contributed by atoms with E-state index < -0.39 is 24.9 Å². The van der Waals surface area contributed by atoms with Gasteiger partial charge in [-0.15, -0.1) is 18.3 Å². The number of amides is 2. The fourth-order valence-corrected chi connectivity index (χ4v) is 6.58. The number of carbonyl (C=O) groups excluding carboxylic acids is 1. The summed E-state index contributed by atoms with van der Waals surface area (Å²) >= 11 is 1.40. The monoisotopic (exact) mass is 672 g/mol. The lowest BCUT2D eigenvalue weighted by molar-refractivity contribution is -0.274. The lowest BCUT2D eigenvalue weighted by Crippen LogP contribution is -2.43. The lowest BCUT2D eigenvalue weighted by atomic mass is 9.95. The highest BCUT2D eigenvalue weighted by molar-refractivity contribution is 8.14. The fourth-order valence-electron chi connectivity index (χ4n) is 5.38. The molecule has 1 N–H and O–H groups in total. The zero-order chi connectivity index (χ0) is 33.9. The lowest BCUT2D eigenvalue weighted by Gasteiger charge is -2.37. The van der Waals surface area contributed by atoms with Gasteiger partial charge in [0.15, 0.2) is 17.2 Å². The molecule has 3 unspecified atom stereocenters. The van der Waals surface area contributed by atoms with Gasteiger partial charge in [0, 0.05) is 23.0 Å². The van der Waals surface area contributed by atoms with Gasteiger partial charge in [0.2, 0.25) is 6.30 Å². The third-order valence-electron chi connectivity index (χ3n) is 7.58. The Hall–Kier alpha value is -4.46. The molecule has 3 atom stereocenters. The van der Waals surface area contributed by atoms with Crippen molar-refractivity contribution < 1.29 is 31.5 Å². The zero-order valence-electron chi connectivity index (χ0n) is 26.0. The molecule has 2 amide bonds. The first-order valence-corrected chi connectivity index (χ1v) is 15.9. The predicted octanol–water partition coefficient (Wildman–Crippen LogP) is 8.67. The van der Waals surface area contributed by atoms with Gasteiger partial charge >= 0.3 is 12.4 Å². The number of benzene rings is 3. The first-order chi connectivity index (χ1) is 22.3. The number of ether oxygens (including phenoxy) is 1. The van der Waals surface area contributed by atoms with Crippen molar-refractivity contribution in [1.29, 1.82) is 0 Å². The number of amidine groups is 1. The average Bonchev–Trinajstić information content (AvgIpc) is 3.50. The Labute approximate surface area is 273 Å². The van der Waals surface area contributed by atoms with Crippen molar-refractivity contribution in [3.63, 3.8) is 0 Å². The second kappa shape index (κ2) is 14.1. The number of hydrogen-bond donors (Lipinski definition) is 1. The Morgan fingerprint density at radius 1 is 1.06 bits per heavy atom. The van der Waals surface area contributed by atoms with Crippen molar-refractivity contribution in [1.82, 2.24) is 20.1 Å². The van der Waals surface area contributed by atoms with E-state index in [0.717, 1.165) is 41.1 Å². The third kappa shape index (κ3) is 8.10. The van der Waals surface area contributed by atoms with Crippen LogP contribution >= 0.6 is 11.8 Å². The summed E-state index contributed by atoms with van der Waals surface area (Å²) in [6.45, 7) is 8.29. The Morgan fingerprint density at radius 2 is 1.77 bits per heavy atom. The quantitative estimate of drug-likeness (QED) is 0.149. The van der Waals surface area contributed by atoms with Gasteiger partial charge in [-0.2, -0.15) is 4.99 Å². The van der Waals surface area contributed by atoms with Crippen LogP contribution < -0.4 is 15.0 Å². The molecule has 47 heavy (non-hydrogen) atoms. The van der Waals surface area contributed by atoms with Gasteiger partial charge in [-0.1, -0.05) is 62.0 Å². The molecule has 3 aromatic carbocycles. The van der Waals surface area contributed by atoms with E-state index >= 15 is 8.78 Å². The van der Waals surface area contributed by atoms with Crippen LogP contribution in [0.15, 0.2) is 78.0 Å². The molecule has 1 aliphatic heterocycles. The summed E-state index contributed by atoms with van der Waals surface area (Å²) in [7, 11) is 0. The normalized spacial score (nSPS) is 17.5. The van der Waals surface area contributed by atoms with Crippen LogP contribution in [0.5, 0.6) is 5.75 Å². The Bertz CT molecular complexity index is 1730. The van der Waals surface area contributed by atoms with Crippen LogP contribution in [0.4, 0.5) is 32.4 Å². The number of nitrogens with one attached hydrogen (secondary N) is 1. The zero-order valence-corrected chi connectivity index (χ0v) is 26.8. The van der Waals surface area contributed by atoms with E-state index in [0.29, 0.717) is 16.4 Å². The van der Waals surface area contributed by atoms with Gasteiger partial charge in [-0.05, 0) is 73.2 Å². The van der Waals surface area contributed by atoms with Crippen LogP contribution in [0, 0.1) is 6.92 Å². The molecule has 4 aromatic rings. The summed E-state index contributed by atoms with van der Waals surface area (Å²) < 4.78 is 72.7. The Balaban J connectivity index is 1.25. The average molecular weight is 673 g/mol. The molecule has 2 heterocycles. The second-order valence-electron chi connectivity index (χ2n) is 11.3. The van der Waals surface area contributed by atoms with E-state index in [-0.39, 0.29) is 29.1 Å². The minimum atomic E-state index is -4.80. The smallest absolute Gasteiger partial charge is 0.406 e. The summed E-state index contributed by atoms with van der Waals surface area (Å²) in [5.74, 6) is 0.838. The molecule has 1 fully saturated rings. The summed E-state index contributed by atoms with van der Waals surface area (Å²) in [5, 5.41) is 6.78. The number of aromatic nitrogens is 3. The molecular weight excluding hydrogens is 639 g/mol. The van der Waals surface area contributed by atoms with Crippen LogP contribution in [0.25, 0.3) is 17.1 Å². The number of halogens is 5. The summed E-state index contributed by atoms with van der Waals surface area (Å²) in [6, 6.07) is 15.8. The number of aliphatic imine (C=N–C) groups is 1. The number of urea groups is 1. The number of carbonyl (C=O) groups is 1. The number of thioether (sulfide) groups is 1. The van der Waals surface area contributed by atoms with Crippen molar-refractivity contribution in [2.75, 3.05) is 10.7 Å². The minimum absolute atomic E-state index is 0.0162. The predicted molar refractivity (Wildman–Crippen MR) is 172 cm³/mol. The molecular formula is C33H33F5N6O2S. The molecule has 1 aliphatic rings. The molecule has 0 radical (unpaired) electrons. The van der Waals surface area contributed by atoms with E-state index in [1.165, 1.54) is 59.2 Å². The molecule has 8 nitrogen and oxygen atoms in total. The van der Waals surface area contributed by atoms with Gasteiger partial charge in [0.1, 0.15) is 12.1 Å². The molecule has 0 bridgehead atoms. The van der Waals surface area contributed by atoms with Gasteiger partial charge < -0.3 is 15.0 Å². The van der Waals surface area contributed by atoms with E-state index in [1.54, 1.807) is 0 Å².